The predicted octanol–water partition coefficient (Wildman–Crippen LogP) is 2.54. The summed E-state index contributed by atoms with van der Waals surface area (Å²) in [6.07, 6.45) is 4.27. The number of rotatable bonds is 4. The monoisotopic (exact) mass is 266 g/mol. The molecule has 0 bridgehead atoms. The Labute approximate surface area is 116 Å². The van der Waals surface area contributed by atoms with E-state index >= 15 is 0 Å². The van der Waals surface area contributed by atoms with Crippen molar-refractivity contribution in [3.63, 3.8) is 0 Å². The topological polar surface area (TPSA) is 63.8 Å². The lowest BCUT2D eigenvalue weighted by Gasteiger charge is -2.00. The summed E-state index contributed by atoms with van der Waals surface area (Å²) in [5.41, 5.74) is 1.77. The van der Waals surface area contributed by atoms with Crippen molar-refractivity contribution in [2.24, 2.45) is 0 Å². The number of nitrogens with one attached hydrogen (secondary N) is 1. The van der Waals surface area contributed by atoms with Crippen LogP contribution in [-0.2, 0) is 6.54 Å². The molecule has 0 spiro atoms. The molecule has 2 aromatic heterocycles. The Hall–Kier alpha value is -2.27. The molecule has 0 aliphatic heterocycles. The molecule has 0 radical (unpaired) electrons. The Morgan fingerprint density at radius 1 is 1.20 bits per heavy atom. The smallest absolute Gasteiger partial charge is 0.260 e. The molecule has 2 heterocycles. The average molecular weight is 266 g/mol. The highest BCUT2D eigenvalue weighted by Gasteiger charge is 2.21. The number of fused-ring (bicyclic) bond motifs is 1. The Kier molecular flexibility index (Phi) is 2.70. The van der Waals surface area contributed by atoms with Crippen molar-refractivity contribution < 1.29 is 4.52 Å². The van der Waals surface area contributed by atoms with Gasteiger partial charge in [0.25, 0.3) is 5.89 Å². The summed E-state index contributed by atoms with van der Waals surface area (Å²) in [6, 6.07) is 10.5. The first-order chi connectivity index (χ1) is 9.90. The second-order valence-electron chi connectivity index (χ2n) is 5.05. The van der Waals surface area contributed by atoms with E-state index < -0.39 is 0 Å². The van der Waals surface area contributed by atoms with Crippen LogP contribution < -0.4 is 5.32 Å². The van der Waals surface area contributed by atoms with Gasteiger partial charge in [-0.2, -0.15) is 4.98 Å². The van der Waals surface area contributed by atoms with Gasteiger partial charge in [0.05, 0.1) is 17.6 Å². The molecular weight excluding hydrogens is 252 g/mol. The summed E-state index contributed by atoms with van der Waals surface area (Å²) < 4.78 is 5.37. The van der Waals surface area contributed by atoms with Crippen molar-refractivity contribution in [3.05, 3.63) is 42.4 Å². The molecule has 0 atom stereocenters. The highest BCUT2D eigenvalue weighted by Crippen LogP contribution is 2.25. The molecule has 0 unspecified atom stereocenters. The summed E-state index contributed by atoms with van der Waals surface area (Å²) in [6.45, 7) is 0.659. The van der Waals surface area contributed by atoms with Crippen LogP contribution in [0.5, 0.6) is 0 Å². The van der Waals surface area contributed by atoms with Crippen molar-refractivity contribution in [1.29, 1.82) is 0 Å². The summed E-state index contributed by atoms with van der Waals surface area (Å²) >= 11 is 0. The minimum Gasteiger partial charge on any atom is -0.334 e. The number of hydrogen-bond acceptors (Lipinski definition) is 5. The first-order valence-corrected chi connectivity index (χ1v) is 6.80. The lowest BCUT2D eigenvalue weighted by atomic mass is 10.1. The maximum Gasteiger partial charge on any atom is 0.260 e. The van der Waals surface area contributed by atoms with E-state index in [2.05, 4.69) is 20.4 Å². The van der Waals surface area contributed by atoms with E-state index in [1.165, 1.54) is 12.8 Å². The molecular formula is C15H14N4O. The minimum atomic E-state index is 0.530. The highest BCUT2D eigenvalue weighted by atomic mass is 16.5. The molecule has 1 aliphatic carbocycles. The van der Waals surface area contributed by atoms with Crippen LogP contribution in [0.4, 0.5) is 0 Å². The molecule has 0 amide bonds. The third-order valence-corrected chi connectivity index (χ3v) is 3.46. The van der Waals surface area contributed by atoms with Gasteiger partial charge in [0.2, 0.25) is 0 Å². The molecule has 4 rings (SSSR count). The van der Waals surface area contributed by atoms with Gasteiger partial charge in [-0.15, -0.1) is 0 Å². The van der Waals surface area contributed by atoms with Crippen LogP contribution in [0.3, 0.4) is 0 Å². The van der Waals surface area contributed by atoms with Crippen LogP contribution >= 0.6 is 0 Å². The first kappa shape index (κ1) is 11.5. The number of pyridine rings is 1. The van der Waals surface area contributed by atoms with Crippen molar-refractivity contribution in [3.8, 4) is 11.5 Å². The number of aromatic nitrogens is 3. The molecule has 5 nitrogen and oxygen atoms in total. The van der Waals surface area contributed by atoms with Gasteiger partial charge in [0.15, 0.2) is 5.82 Å². The maximum atomic E-state index is 5.37. The van der Waals surface area contributed by atoms with Crippen molar-refractivity contribution in [2.75, 3.05) is 0 Å². The molecule has 1 N–H and O–H groups in total. The van der Waals surface area contributed by atoms with E-state index in [1.54, 1.807) is 6.20 Å². The standard InChI is InChI=1S/C15H14N4O/c1-3-10-4-2-8-16-14(10)12(5-1)15-18-13(19-20-15)9-17-11-6-7-11/h1-5,8,11,17H,6-7,9H2. The van der Waals surface area contributed by atoms with Gasteiger partial charge >= 0.3 is 0 Å². The first-order valence-electron chi connectivity index (χ1n) is 6.80. The van der Waals surface area contributed by atoms with Crippen LogP contribution in [0, 0.1) is 0 Å². The van der Waals surface area contributed by atoms with E-state index in [1.807, 2.05) is 30.3 Å². The SMILES string of the molecule is c1cnc2c(-c3nc(CNC4CC4)no3)cccc2c1. The highest BCUT2D eigenvalue weighted by molar-refractivity contribution is 5.91. The predicted molar refractivity (Wildman–Crippen MR) is 74.9 cm³/mol. The zero-order valence-corrected chi connectivity index (χ0v) is 10.9. The van der Waals surface area contributed by atoms with Gasteiger partial charge in [-0.05, 0) is 25.0 Å². The Balaban J connectivity index is 1.67. The van der Waals surface area contributed by atoms with Crippen LogP contribution in [0.1, 0.15) is 18.7 Å². The zero-order valence-electron chi connectivity index (χ0n) is 10.9. The van der Waals surface area contributed by atoms with E-state index in [9.17, 15) is 0 Å². The molecule has 3 aromatic rings. The lowest BCUT2D eigenvalue weighted by Crippen LogP contribution is -2.16. The molecule has 1 saturated carbocycles. The molecule has 1 fully saturated rings. The quantitative estimate of drug-likeness (QED) is 0.786. The minimum absolute atomic E-state index is 0.530. The largest absolute Gasteiger partial charge is 0.334 e. The van der Waals surface area contributed by atoms with Gasteiger partial charge in [-0.3, -0.25) is 4.98 Å². The molecule has 1 aliphatic rings. The fraction of sp³-hybridized carbons (Fsp3) is 0.267. The van der Waals surface area contributed by atoms with Crippen LogP contribution in [-0.4, -0.2) is 21.2 Å². The number of nitrogens with zero attached hydrogens (tertiary/aromatic N) is 3. The van der Waals surface area contributed by atoms with Gasteiger partial charge in [-0.1, -0.05) is 23.4 Å². The van der Waals surface area contributed by atoms with Crippen LogP contribution in [0.25, 0.3) is 22.4 Å². The molecule has 1 aromatic carbocycles. The summed E-state index contributed by atoms with van der Waals surface area (Å²) in [7, 11) is 0. The molecule has 100 valence electrons. The normalized spacial score (nSPS) is 14.8. The summed E-state index contributed by atoms with van der Waals surface area (Å²) in [5, 5.41) is 8.47. The molecule has 5 heteroatoms. The van der Waals surface area contributed by atoms with E-state index in [0.29, 0.717) is 24.3 Å². The number of para-hydroxylation sites is 1. The van der Waals surface area contributed by atoms with Gasteiger partial charge in [0.1, 0.15) is 0 Å². The number of benzene rings is 1. The Morgan fingerprint density at radius 3 is 3.00 bits per heavy atom. The number of hydrogen-bond donors (Lipinski definition) is 1. The second-order valence-corrected chi connectivity index (χ2v) is 5.05. The third kappa shape index (κ3) is 2.16. The molecule has 20 heavy (non-hydrogen) atoms. The molecule has 0 saturated heterocycles. The Bertz CT molecular complexity index is 743. The van der Waals surface area contributed by atoms with Gasteiger partial charge < -0.3 is 9.84 Å². The van der Waals surface area contributed by atoms with Crippen molar-refractivity contribution in [2.45, 2.75) is 25.4 Å². The Morgan fingerprint density at radius 2 is 2.10 bits per heavy atom. The van der Waals surface area contributed by atoms with Crippen molar-refractivity contribution >= 4 is 10.9 Å². The van der Waals surface area contributed by atoms with Gasteiger partial charge in [-0.25, -0.2) is 0 Å². The van der Waals surface area contributed by atoms with Crippen molar-refractivity contribution in [1.82, 2.24) is 20.4 Å². The van der Waals surface area contributed by atoms with E-state index in [-0.39, 0.29) is 0 Å². The summed E-state index contributed by atoms with van der Waals surface area (Å²) in [5.74, 6) is 1.22. The fourth-order valence-corrected chi connectivity index (χ4v) is 2.24. The third-order valence-electron chi connectivity index (χ3n) is 3.46. The van der Waals surface area contributed by atoms with Crippen LogP contribution in [0.2, 0.25) is 0 Å². The lowest BCUT2D eigenvalue weighted by molar-refractivity contribution is 0.419. The average Bonchev–Trinajstić information content (AvgIpc) is 3.21. The van der Waals surface area contributed by atoms with E-state index in [4.69, 9.17) is 4.52 Å². The van der Waals surface area contributed by atoms with E-state index in [0.717, 1.165) is 16.5 Å². The zero-order chi connectivity index (χ0) is 13.4. The van der Waals surface area contributed by atoms with Crippen LogP contribution in [0.15, 0.2) is 41.1 Å². The summed E-state index contributed by atoms with van der Waals surface area (Å²) in [4.78, 5) is 8.86. The van der Waals surface area contributed by atoms with Gasteiger partial charge in [0, 0.05) is 17.6 Å². The fourth-order valence-electron chi connectivity index (χ4n) is 2.24. The maximum absolute atomic E-state index is 5.37. The second kappa shape index (κ2) is 4.68.